The van der Waals surface area contributed by atoms with E-state index in [4.69, 9.17) is 23.2 Å². The maximum Gasteiger partial charge on any atom is 0.250 e. The Hall–Kier alpha value is -0.880. The SMILES string of the molecule is O=[C]C1=NN(c2ccc(Cl)cc2Cl)C(c2ccc(Br)s2)C1. The van der Waals surface area contributed by atoms with Crippen molar-refractivity contribution < 1.29 is 4.79 Å². The Labute approximate surface area is 144 Å². The number of hydrogen-bond donors (Lipinski definition) is 0. The molecule has 0 spiro atoms. The molecular weight excluding hydrogens is 395 g/mol. The van der Waals surface area contributed by atoms with E-state index in [0.29, 0.717) is 22.2 Å². The van der Waals surface area contributed by atoms with Crippen LogP contribution in [0.4, 0.5) is 5.69 Å². The van der Waals surface area contributed by atoms with Crippen molar-refractivity contribution in [1.82, 2.24) is 0 Å². The van der Waals surface area contributed by atoms with Gasteiger partial charge in [-0.25, -0.2) is 0 Å². The maximum absolute atomic E-state index is 11.0. The molecule has 0 fully saturated rings. The van der Waals surface area contributed by atoms with E-state index >= 15 is 0 Å². The molecule has 3 rings (SSSR count). The fraction of sp³-hybridized carbons (Fsp3) is 0.143. The lowest BCUT2D eigenvalue weighted by molar-refractivity contribution is 0.566. The van der Waals surface area contributed by atoms with Crippen molar-refractivity contribution >= 4 is 68.2 Å². The number of thiophene rings is 1. The fourth-order valence-corrected chi connectivity index (χ4v) is 4.19. The summed E-state index contributed by atoms with van der Waals surface area (Å²) >= 11 is 17.3. The lowest BCUT2D eigenvalue weighted by Crippen LogP contribution is -2.17. The number of carbonyl (C=O) groups excluding carboxylic acids is 1. The average molecular weight is 403 g/mol. The number of hydrazone groups is 1. The molecule has 2 heterocycles. The van der Waals surface area contributed by atoms with E-state index in [-0.39, 0.29) is 6.04 Å². The van der Waals surface area contributed by atoms with Crippen molar-refractivity contribution in [2.45, 2.75) is 12.5 Å². The fourth-order valence-electron chi connectivity index (χ4n) is 2.19. The molecule has 21 heavy (non-hydrogen) atoms. The third kappa shape index (κ3) is 3.01. The van der Waals surface area contributed by atoms with E-state index < -0.39 is 0 Å². The molecule has 3 nitrogen and oxygen atoms in total. The third-order valence-corrected chi connectivity index (χ3v) is 5.37. The Morgan fingerprint density at radius 2 is 2.14 bits per heavy atom. The number of anilines is 1. The summed E-state index contributed by atoms with van der Waals surface area (Å²) in [5, 5.41) is 7.14. The highest BCUT2D eigenvalue weighted by molar-refractivity contribution is 9.11. The Kier molecular flexibility index (Phi) is 4.36. The van der Waals surface area contributed by atoms with Gasteiger partial charge in [0.05, 0.1) is 20.5 Å². The van der Waals surface area contributed by atoms with Gasteiger partial charge in [0, 0.05) is 16.3 Å². The minimum atomic E-state index is -0.0589. The molecule has 0 bridgehead atoms. The largest absolute Gasteiger partial charge is 0.283 e. The first kappa shape index (κ1) is 15.0. The highest BCUT2D eigenvalue weighted by Crippen LogP contribution is 2.41. The third-order valence-electron chi connectivity index (χ3n) is 3.11. The predicted octanol–water partition coefficient (Wildman–Crippen LogP) is 5.23. The number of hydrogen-bond acceptors (Lipinski definition) is 4. The molecule has 1 radical (unpaired) electrons. The molecule has 0 amide bonds. The van der Waals surface area contributed by atoms with Crippen molar-refractivity contribution in [2.24, 2.45) is 5.10 Å². The molecule has 0 saturated heterocycles. The summed E-state index contributed by atoms with van der Waals surface area (Å²) in [6, 6.07) is 9.15. The number of rotatable bonds is 3. The van der Waals surface area contributed by atoms with E-state index in [1.807, 2.05) is 18.4 Å². The summed E-state index contributed by atoms with van der Waals surface area (Å²) in [6.45, 7) is 0. The minimum Gasteiger partial charge on any atom is -0.283 e. The van der Waals surface area contributed by atoms with Crippen LogP contribution < -0.4 is 5.01 Å². The van der Waals surface area contributed by atoms with Gasteiger partial charge in [-0.05, 0) is 46.3 Å². The zero-order chi connectivity index (χ0) is 15.0. The van der Waals surface area contributed by atoms with Crippen LogP contribution in [0.3, 0.4) is 0 Å². The van der Waals surface area contributed by atoms with E-state index in [2.05, 4.69) is 21.0 Å². The van der Waals surface area contributed by atoms with E-state index in [0.717, 1.165) is 14.4 Å². The molecule has 7 heteroatoms. The first-order valence-electron chi connectivity index (χ1n) is 6.03. The topological polar surface area (TPSA) is 32.7 Å². The van der Waals surface area contributed by atoms with Gasteiger partial charge in [-0.3, -0.25) is 9.80 Å². The second-order valence-corrected chi connectivity index (χ2v) is 7.79. The van der Waals surface area contributed by atoms with Crippen LogP contribution in [0.25, 0.3) is 0 Å². The quantitative estimate of drug-likeness (QED) is 0.703. The van der Waals surface area contributed by atoms with E-state index in [9.17, 15) is 4.79 Å². The first-order chi connectivity index (χ1) is 10.1. The summed E-state index contributed by atoms with van der Waals surface area (Å²) in [5.41, 5.74) is 1.11. The zero-order valence-corrected chi connectivity index (χ0v) is 14.4. The number of nitrogens with zero attached hydrogens (tertiary/aromatic N) is 2. The van der Waals surface area contributed by atoms with Crippen molar-refractivity contribution in [3.8, 4) is 0 Å². The second kappa shape index (κ2) is 6.08. The molecule has 1 atom stereocenters. The second-order valence-electron chi connectivity index (χ2n) is 4.45. The summed E-state index contributed by atoms with van der Waals surface area (Å²) in [6.07, 6.45) is 2.39. The number of halogens is 3. The van der Waals surface area contributed by atoms with Gasteiger partial charge in [-0.1, -0.05) is 23.2 Å². The molecule has 1 aromatic carbocycles. The zero-order valence-electron chi connectivity index (χ0n) is 10.5. The first-order valence-corrected chi connectivity index (χ1v) is 8.40. The van der Waals surface area contributed by atoms with Crippen LogP contribution in [-0.2, 0) is 4.79 Å². The van der Waals surface area contributed by atoms with Crippen LogP contribution in [0.2, 0.25) is 10.0 Å². The molecule has 0 aliphatic carbocycles. The molecule has 0 saturated carbocycles. The average Bonchev–Trinajstić information content (AvgIpc) is 3.04. The van der Waals surface area contributed by atoms with Gasteiger partial charge < -0.3 is 0 Å². The lowest BCUT2D eigenvalue weighted by Gasteiger charge is -2.23. The molecule has 2 aromatic rings. The van der Waals surface area contributed by atoms with Crippen LogP contribution in [0.15, 0.2) is 39.2 Å². The number of benzene rings is 1. The van der Waals surface area contributed by atoms with Crippen LogP contribution in [-0.4, -0.2) is 12.0 Å². The lowest BCUT2D eigenvalue weighted by atomic mass is 10.1. The Morgan fingerprint density at radius 1 is 1.33 bits per heavy atom. The Bertz CT molecular complexity index is 732. The molecule has 1 aliphatic heterocycles. The molecule has 1 aliphatic rings. The Balaban J connectivity index is 2.03. The summed E-state index contributed by atoms with van der Waals surface area (Å²) in [5.74, 6) is 0. The van der Waals surface area contributed by atoms with E-state index in [1.165, 1.54) is 0 Å². The maximum atomic E-state index is 11.0. The smallest absolute Gasteiger partial charge is 0.250 e. The van der Waals surface area contributed by atoms with Crippen LogP contribution >= 0.6 is 50.5 Å². The van der Waals surface area contributed by atoms with Crippen molar-refractivity contribution in [3.63, 3.8) is 0 Å². The standard InChI is InChI=1S/C14H8BrCl2N2OS/c15-14-4-3-13(21-14)12-6-9(7-20)18-19(12)11-2-1-8(16)5-10(11)17/h1-5,12H,6H2. The predicted molar refractivity (Wildman–Crippen MR) is 91.4 cm³/mol. The van der Waals surface area contributed by atoms with Crippen molar-refractivity contribution in [1.29, 1.82) is 0 Å². The van der Waals surface area contributed by atoms with Crippen molar-refractivity contribution in [2.75, 3.05) is 5.01 Å². The van der Waals surface area contributed by atoms with Gasteiger partial charge in [-0.15, -0.1) is 11.3 Å². The van der Waals surface area contributed by atoms with Crippen LogP contribution in [0.5, 0.6) is 0 Å². The van der Waals surface area contributed by atoms with Gasteiger partial charge in [-0.2, -0.15) is 5.10 Å². The Morgan fingerprint density at radius 3 is 2.76 bits per heavy atom. The van der Waals surface area contributed by atoms with Crippen molar-refractivity contribution in [3.05, 3.63) is 49.0 Å². The van der Waals surface area contributed by atoms with Gasteiger partial charge in [0.15, 0.2) is 0 Å². The van der Waals surface area contributed by atoms with Gasteiger partial charge >= 0.3 is 0 Å². The molecule has 1 unspecified atom stereocenters. The monoisotopic (exact) mass is 401 g/mol. The van der Waals surface area contributed by atoms with Gasteiger partial charge in [0.1, 0.15) is 5.71 Å². The molecule has 0 N–H and O–H groups in total. The van der Waals surface area contributed by atoms with Gasteiger partial charge in [0.25, 0.3) is 6.29 Å². The highest BCUT2D eigenvalue weighted by Gasteiger charge is 2.31. The summed E-state index contributed by atoms with van der Waals surface area (Å²) in [7, 11) is 0. The normalized spacial score (nSPS) is 18.0. The minimum absolute atomic E-state index is 0.0589. The molecule has 1 aromatic heterocycles. The summed E-state index contributed by atoms with van der Waals surface area (Å²) in [4.78, 5) is 12.1. The van der Waals surface area contributed by atoms with Crippen LogP contribution in [0.1, 0.15) is 17.3 Å². The summed E-state index contributed by atoms with van der Waals surface area (Å²) < 4.78 is 1.03. The highest BCUT2D eigenvalue weighted by atomic mass is 79.9. The van der Waals surface area contributed by atoms with Gasteiger partial charge in [0.2, 0.25) is 0 Å². The van der Waals surface area contributed by atoms with Crippen LogP contribution in [0, 0.1) is 0 Å². The molecular formula is C14H8BrCl2N2OS. The van der Waals surface area contributed by atoms with E-state index in [1.54, 1.807) is 34.5 Å². The molecule has 107 valence electrons.